The molecule has 0 aliphatic heterocycles. The summed E-state index contributed by atoms with van der Waals surface area (Å²) in [5, 5.41) is 5.36. The number of nitrogens with one attached hydrogen (secondary N) is 1. The Kier molecular flexibility index (Phi) is 4.33. The summed E-state index contributed by atoms with van der Waals surface area (Å²) in [5.41, 5.74) is 6.15. The van der Waals surface area contributed by atoms with E-state index in [0.717, 1.165) is 17.4 Å². The maximum atomic E-state index is 12.3. The van der Waals surface area contributed by atoms with Crippen LogP contribution in [0.25, 0.3) is 10.9 Å². The van der Waals surface area contributed by atoms with Crippen LogP contribution in [0.3, 0.4) is 0 Å². The second kappa shape index (κ2) is 6.79. The highest BCUT2D eigenvalue weighted by Gasteiger charge is 2.43. The third-order valence-corrected chi connectivity index (χ3v) is 5.06. The van der Waals surface area contributed by atoms with Crippen molar-refractivity contribution < 1.29 is 4.79 Å². The summed E-state index contributed by atoms with van der Waals surface area (Å²) in [4.78, 5) is 12.3. The maximum absolute atomic E-state index is 12.3. The lowest BCUT2D eigenvalue weighted by molar-refractivity contribution is -0.122. The van der Waals surface area contributed by atoms with Crippen LogP contribution in [0.4, 0.5) is 0 Å². The number of nitrogens with zero attached hydrogens (tertiary/aromatic N) is 2. The van der Waals surface area contributed by atoms with Crippen molar-refractivity contribution in [1.29, 1.82) is 0 Å². The Labute approximate surface area is 153 Å². The highest BCUT2D eigenvalue weighted by molar-refractivity contribution is 5.99. The van der Waals surface area contributed by atoms with E-state index in [1.807, 2.05) is 30.3 Å². The van der Waals surface area contributed by atoms with Crippen molar-refractivity contribution in [3.05, 3.63) is 71.9 Å². The lowest BCUT2D eigenvalue weighted by Crippen LogP contribution is -2.20. The molecule has 1 aliphatic rings. The van der Waals surface area contributed by atoms with Crippen LogP contribution in [0.2, 0.25) is 0 Å². The number of benzene rings is 2. The molecule has 132 valence electrons. The Morgan fingerprint density at radius 3 is 2.65 bits per heavy atom. The van der Waals surface area contributed by atoms with Crippen molar-refractivity contribution in [2.24, 2.45) is 11.0 Å². The minimum atomic E-state index is 0.00250. The molecule has 0 radical (unpaired) electrons. The number of amides is 1. The van der Waals surface area contributed by atoms with Crippen LogP contribution < -0.4 is 5.43 Å². The summed E-state index contributed by atoms with van der Waals surface area (Å²) in [6, 6.07) is 18.8. The average molecular weight is 345 g/mol. The summed E-state index contributed by atoms with van der Waals surface area (Å²) in [6.07, 6.45) is 4.74. The number of carbonyl (C=O) groups is 1. The molecular weight excluding hydrogens is 322 g/mol. The predicted molar refractivity (Wildman–Crippen MR) is 105 cm³/mol. The smallest absolute Gasteiger partial charge is 0.243 e. The van der Waals surface area contributed by atoms with Crippen molar-refractivity contribution in [1.82, 2.24) is 9.99 Å². The molecule has 0 spiro atoms. The summed E-state index contributed by atoms with van der Waals surface area (Å²) in [7, 11) is 0. The van der Waals surface area contributed by atoms with Gasteiger partial charge >= 0.3 is 0 Å². The van der Waals surface area contributed by atoms with Gasteiger partial charge in [-0.3, -0.25) is 4.79 Å². The molecule has 2 atom stereocenters. The monoisotopic (exact) mass is 345 g/mol. The van der Waals surface area contributed by atoms with E-state index in [0.29, 0.717) is 12.0 Å². The van der Waals surface area contributed by atoms with Crippen LogP contribution in [0.15, 0.2) is 65.9 Å². The van der Waals surface area contributed by atoms with Crippen molar-refractivity contribution in [2.45, 2.75) is 32.2 Å². The van der Waals surface area contributed by atoms with Gasteiger partial charge in [-0.2, -0.15) is 5.10 Å². The Hall–Kier alpha value is -2.88. The average Bonchev–Trinajstić information content (AvgIpc) is 3.38. The number of para-hydroxylation sites is 1. The van der Waals surface area contributed by atoms with Gasteiger partial charge in [0.25, 0.3) is 0 Å². The molecule has 3 aromatic rings. The molecule has 0 unspecified atom stereocenters. The summed E-state index contributed by atoms with van der Waals surface area (Å²) in [5.74, 6) is 0.364. The van der Waals surface area contributed by atoms with Crippen LogP contribution >= 0.6 is 0 Å². The van der Waals surface area contributed by atoms with Crippen molar-refractivity contribution >= 4 is 23.0 Å². The van der Waals surface area contributed by atoms with E-state index in [9.17, 15) is 4.79 Å². The largest absolute Gasteiger partial charge is 0.344 e. The van der Waals surface area contributed by atoms with Crippen molar-refractivity contribution in [3.8, 4) is 0 Å². The first-order valence-corrected chi connectivity index (χ1v) is 9.12. The molecule has 1 aromatic heterocycles. The normalized spacial score (nSPS) is 19.3. The van der Waals surface area contributed by atoms with Crippen molar-refractivity contribution in [2.75, 3.05) is 0 Å². The first-order valence-electron chi connectivity index (χ1n) is 9.12. The topological polar surface area (TPSA) is 46.4 Å². The third-order valence-electron chi connectivity index (χ3n) is 5.06. The second-order valence-corrected chi connectivity index (χ2v) is 7.20. The van der Waals surface area contributed by atoms with E-state index in [-0.39, 0.29) is 11.8 Å². The maximum Gasteiger partial charge on any atom is 0.243 e. The highest BCUT2D eigenvalue weighted by atomic mass is 16.2. The van der Waals surface area contributed by atoms with Crippen LogP contribution in [0.1, 0.15) is 43.4 Å². The van der Waals surface area contributed by atoms with Gasteiger partial charge in [-0.1, -0.05) is 48.5 Å². The fourth-order valence-electron chi connectivity index (χ4n) is 3.56. The molecule has 1 N–H and O–H groups in total. The Morgan fingerprint density at radius 1 is 1.15 bits per heavy atom. The van der Waals surface area contributed by atoms with Crippen LogP contribution in [-0.2, 0) is 4.79 Å². The van der Waals surface area contributed by atoms with E-state index in [1.165, 1.54) is 11.1 Å². The summed E-state index contributed by atoms with van der Waals surface area (Å²) < 4.78 is 2.23. The molecule has 1 amide bonds. The lowest BCUT2D eigenvalue weighted by atomic mass is 10.1. The fraction of sp³-hybridized carbons (Fsp3) is 0.273. The molecule has 1 heterocycles. The summed E-state index contributed by atoms with van der Waals surface area (Å²) >= 11 is 0. The molecule has 0 saturated heterocycles. The molecule has 2 aromatic carbocycles. The first kappa shape index (κ1) is 16.6. The molecule has 1 saturated carbocycles. The number of fused-ring (bicyclic) bond motifs is 1. The molecular formula is C22H23N3O. The van der Waals surface area contributed by atoms with Gasteiger partial charge < -0.3 is 4.57 Å². The third kappa shape index (κ3) is 3.15. The van der Waals surface area contributed by atoms with Gasteiger partial charge in [0, 0.05) is 34.6 Å². The zero-order valence-electron chi connectivity index (χ0n) is 15.1. The van der Waals surface area contributed by atoms with Crippen LogP contribution in [-0.4, -0.2) is 16.7 Å². The molecule has 26 heavy (non-hydrogen) atoms. The number of hydrogen-bond acceptors (Lipinski definition) is 2. The van der Waals surface area contributed by atoms with Gasteiger partial charge in [-0.25, -0.2) is 5.43 Å². The predicted octanol–water partition coefficient (Wildman–Crippen LogP) is 4.48. The number of aromatic nitrogens is 1. The lowest BCUT2D eigenvalue weighted by Gasteiger charge is -2.08. The Balaban J connectivity index is 1.45. The fourth-order valence-corrected chi connectivity index (χ4v) is 3.56. The van der Waals surface area contributed by atoms with Gasteiger partial charge in [0.15, 0.2) is 0 Å². The van der Waals surface area contributed by atoms with Crippen LogP contribution in [0.5, 0.6) is 0 Å². The van der Waals surface area contributed by atoms with E-state index in [1.54, 1.807) is 6.21 Å². The molecule has 4 nitrogen and oxygen atoms in total. The van der Waals surface area contributed by atoms with E-state index < -0.39 is 0 Å². The van der Waals surface area contributed by atoms with Gasteiger partial charge in [-0.15, -0.1) is 0 Å². The van der Waals surface area contributed by atoms with Gasteiger partial charge in [-0.05, 0) is 37.8 Å². The molecule has 0 bridgehead atoms. The van der Waals surface area contributed by atoms with E-state index in [4.69, 9.17) is 0 Å². The zero-order valence-corrected chi connectivity index (χ0v) is 15.1. The summed E-state index contributed by atoms with van der Waals surface area (Å²) in [6.45, 7) is 4.32. The highest BCUT2D eigenvalue weighted by Crippen LogP contribution is 2.47. The number of rotatable bonds is 5. The standard InChI is InChI=1S/C22H23N3O/c1-15(2)25-14-17(18-10-6-7-11-21(18)25)13-23-24-22(26)20-12-19(20)16-8-4-3-5-9-16/h3-11,13-15,19-20H,12H2,1-2H3,(H,24,26)/t19-,20+/m1/s1. The minimum Gasteiger partial charge on any atom is -0.344 e. The second-order valence-electron chi connectivity index (χ2n) is 7.20. The van der Waals surface area contributed by atoms with E-state index >= 15 is 0 Å². The minimum absolute atomic E-state index is 0.00250. The number of hydrogen-bond donors (Lipinski definition) is 1. The van der Waals surface area contributed by atoms with Gasteiger partial charge in [0.2, 0.25) is 5.91 Å². The first-order chi connectivity index (χ1) is 12.6. The zero-order chi connectivity index (χ0) is 18.1. The Bertz CT molecular complexity index is 956. The molecule has 1 aliphatic carbocycles. The number of hydrazone groups is 1. The van der Waals surface area contributed by atoms with Crippen LogP contribution in [0, 0.1) is 5.92 Å². The molecule has 4 rings (SSSR count). The number of carbonyl (C=O) groups excluding carboxylic acids is 1. The quantitative estimate of drug-likeness (QED) is 0.538. The van der Waals surface area contributed by atoms with E-state index in [2.05, 4.69) is 59.4 Å². The molecule has 1 fully saturated rings. The van der Waals surface area contributed by atoms with Crippen molar-refractivity contribution in [3.63, 3.8) is 0 Å². The van der Waals surface area contributed by atoms with Gasteiger partial charge in [0.1, 0.15) is 0 Å². The SMILES string of the molecule is CC(C)n1cc(C=NNC(=O)[C@H]2C[C@@H]2c2ccccc2)c2ccccc21. The molecule has 4 heteroatoms. The van der Waals surface area contributed by atoms with Gasteiger partial charge in [0.05, 0.1) is 6.21 Å². The Morgan fingerprint density at radius 2 is 1.88 bits per heavy atom.